The highest BCUT2D eigenvalue weighted by Gasteiger charge is 2.48. The first kappa shape index (κ1) is 13.7. The first-order valence-electron chi connectivity index (χ1n) is 7.80. The van der Waals surface area contributed by atoms with Crippen molar-refractivity contribution in [3.05, 3.63) is 35.4 Å². The number of methoxy groups -OCH3 is 1. The number of ether oxygens (including phenoxy) is 1. The van der Waals surface area contributed by atoms with Gasteiger partial charge in [-0.15, -0.1) is 0 Å². The van der Waals surface area contributed by atoms with Gasteiger partial charge in [0.1, 0.15) is 0 Å². The van der Waals surface area contributed by atoms with Crippen LogP contribution >= 0.6 is 0 Å². The Bertz CT molecular complexity index is 508. The molecule has 0 spiro atoms. The third-order valence-electron chi connectivity index (χ3n) is 5.64. The van der Waals surface area contributed by atoms with Crippen LogP contribution in [0.1, 0.15) is 43.7 Å². The van der Waals surface area contributed by atoms with Crippen molar-refractivity contribution in [1.29, 1.82) is 0 Å². The second-order valence-corrected chi connectivity index (χ2v) is 6.68. The number of carbonyl (C=O) groups excluding carboxylic acids is 1. The van der Waals surface area contributed by atoms with Gasteiger partial charge in [0.05, 0.1) is 12.5 Å². The van der Waals surface area contributed by atoms with Gasteiger partial charge in [-0.3, -0.25) is 4.79 Å². The van der Waals surface area contributed by atoms with Gasteiger partial charge in [-0.25, -0.2) is 0 Å². The summed E-state index contributed by atoms with van der Waals surface area (Å²) in [6, 6.07) is 8.79. The van der Waals surface area contributed by atoms with Crippen molar-refractivity contribution < 1.29 is 9.53 Å². The van der Waals surface area contributed by atoms with Crippen molar-refractivity contribution >= 4 is 5.97 Å². The zero-order chi connectivity index (χ0) is 14.2. The van der Waals surface area contributed by atoms with Gasteiger partial charge in [-0.05, 0) is 62.0 Å². The quantitative estimate of drug-likeness (QED) is 0.727. The number of benzene rings is 1. The SMILES string of the molecule is COC(=O)[C@@]1(C)CCC[C@@H]2Cc3ccccc3CC[C@@H]21. The van der Waals surface area contributed by atoms with E-state index in [0.29, 0.717) is 11.8 Å². The molecule has 0 aliphatic heterocycles. The predicted molar refractivity (Wildman–Crippen MR) is 79.4 cm³/mol. The van der Waals surface area contributed by atoms with E-state index in [2.05, 4.69) is 31.2 Å². The van der Waals surface area contributed by atoms with Crippen LogP contribution < -0.4 is 0 Å². The summed E-state index contributed by atoms with van der Waals surface area (Å²) >= 11 is 0. The Morgan fingerprint density at radius 1 is 1.25 bits per heavy atom. The van der Waals surface area contributed by atoms with Gasteiger partial charge in [0, 0.05) is 0 Å². The molecule has 2 nitrogen and oxygen atoms in total. The Labute approximate surface area is 121 Å². The van der Waals surface area contributed by atoms with Crippen LogP contribution in [-0.2, 0) is 22.4 Å². The van der Waals surface area contributed by atoms with E-state index in [1.807, 2.05) is 0 Å². The minimum atomic E-state index is -0.278. The Morgan fingerprint density at radius 2 is 2.00 bits per heavy atom. The molecule has 0 radical (unpaired) electrons. The van der Waals surface area contributed by atoms with Crippen molar-refractivity contribution in [3.8, 4) is 0 Å². The van der Waals surface area contributed by atoms with Crippen LogP contribution in [0.15, 0.2) is 24.3 Å². The van der Waals surface area contributed by atoms with E-state index in [4.69, 9.17) is 4.74 Å². The minimum Gasteiger partial charge on any atom is -0.469 e. The lowest BCUT2D eigenvalue weighted by Crippen LogP contribution is -2.44. The molecule has 0 unspecified atom stereocenters. The summed E-state index contributed by atoms with van der Waals surface area (Å²) in [6.07, 6.45) is 6.74. The molecule has 1 aromatic carbocycles. The lowest BCUT2D eigenvalue weighted by atomic mass is 9.60. The normalized spacial score (nSPS) is 32.7. The molecular formula is C18H24O2. The highest BCUT2D eigenvalue weighted by Crippen LogP contribution is 2.49. The fourth-order valence-electron chi connectivity index (χ4n) is 4.52. The fourth-order valence-corrected chi connectivity index (χ4v) is 4.52. The maximum absolute atomic E-state index is 12.3. The Balaban J connectivity index is 1.92. The van der Waals surface area contributed by atoms with Gasteiger partial charge in [0.2, 0.25) is 0 Å². The molecule has 2 aliphatic rings. The Kier molecular flexibility index (Phi) is 3.57. The molecule has 1 aromatic rings. The van der Waals surface area contributed by atoms with Gasteiger partial charge in [-0.2, -0.15) is 0 Å². The van der Waals surface area contributed by atoms with Gasteiger partial charge in [-0.1, -0.05) is 30.7 Å². The standard InChI is InChI=1S/C18H24O2/c1-18(17(19)20-2)11-5-8-15-12-14-7-4-3-6-13(14)9-10-16(15)18/h3-4,6-7,15-16H,5,8-12H2,1-2H3/t15-,16+,18+/m1/s1. The molecule has 1 fully saturated rings. The summed E-state index contributed by atoms with van der Waals surface area (Å²) in [4.78, 5) is 12.3. The largest absolute Gasteiger partial charge is 0.469 e. The molecule has 0 heterocycles. The summed E-state index contributed by atoms with van der Waals surface area (Å²) in [7, 11) is 1.53. The van der Waals surface area contributed by atoms with E-state index < -0.39 is 0 Å². The molecule has 3 atom stereocenters. The second kappa shape index (κ2) is 5.23. The maximum atomic E-state index is 12.3. The molecule has 0 bridgehead atoms. The first-order chi connectivity index (χ1) is 9.65. The number of aryl methyl sites for hydroxylation is 1. The van der Waals surface area contributed by atoms with Crippen LogP contribution in [0.2, 0.25) is 0 Å². The Hall–Kier alpha value is -1.31. The van der Waals surface area contributed by atoms with Crippen LogP contribution in [0, 0.1) is 17.3 Å². The van der Waals surface area contributed by atoms with Gasteiger partial charge in [0.15, 0.2) is 0 Å². The van der Waals surface area contributed by atoms with E-state index in [1.165, 1.54) is 24.7 Å². The molecule has 2 aliphatic carbocycles. The smallest absolute Gasteiger partial charge is 0.311 e. The van der Waals surface area contributed by atoms with Crippen molar-refractivity contribution in [3.63, 3.8) is 0 Å². The van der Waals surface area contributed by atoms with Gasteiger partial charge >= 0.3 is 5.97 Å². The second-order valence-electron chi connectivity index (χ2n) is 6.68. The molecule has 20 heavy (non-hydrogen) atoms. The highest BCUT2D eigenvalue weighted by atomic mass is 16.5. The van der Waals surface area contributed by atoms with Crippen LogP contribution in [0.3, 0.4) is 0 Å². The zero-order valence-electron chi connectivity index (χ0n) is 12.5. The topological polar surface area (TPSA) is 26.3 Å². The van der Waals surface area contributed by atoms with E-state index in [9.17, 15) is 4.79 Å². The highest BCUT2D eigenvalue weighted by molar-refractivity contribution is 5.77. The molecule has 0 aromatic heterocycles. The van der Waals surface area contributed by atoms with Crippen LogP contribution in [0.25, 0.3) is 0 Å². The van der Waals surface area contributed by atoms with Crippen LogP contribution in [0.5, 0.6) is 0 Å². The van der Waals surface area contributed by atoms with Crippen molar-refractivity contribution in [2.75, 3.05) is 7.11 Å². The molecule has 108 valence electrons. The van der Waals surface area contributed by atoms with E-state index in [0.717, 1.165) is 32.1 Å². The summed E-state index contributed by atoms with van der Waals surface area (Å²) < 4.78 is 5.12. The molecule has 2 heteroatoms. The first-order valence-corrected chi connectivity index (χ1v) is 7.80. The number of hydrogen-bond donors (Lipinski definition) is 0. The van der Waals surface area contributed by atoms with E-state index in [-0.39, 0.29) is 11.4 Å². The van der Waals surface area contributed by atoms with E-state index >= 15 is 0 Å². The number of hydrogen-bond acceptors (Lipinski definition) is 2. The number of carbonyl (C=O) groups is 1. The summed E-state index contributed by atoms with van der Waals surface area (Å²) in [5.74, 6) is 1.10. The number of esters is 1. The monoisotopic (exact) mass is 272 g/mol. The summed E-state index contributed by atoms with van der Waals surface area (Å²) in [6.45, 7) is 2.13. The molecular weight excluding hydrogens is 248 g/mol. The van der Waals surface area contributed by atoms with Crippen molar-refractivity contribution in [2.45, 2.75) is 45.4 Å². The minimum absolute atomic E-state index is 0.00171. The molecule has 3 rings (SSSR count). The lowest BCUT2D eigenvalue weighted by Gasteiger charge is -2.43. The third-order valence-corrected chi connectivity index (χ3v) is 5.64. The number of rotatable bonds is 1. The van der Waals surface area contributed by atoms with Crippen LogP contribution in [0.4, 0.5) is 0 Å². The average Bonchev–Trinajstić information content (AvgIpc) is 2.66. The molecule has 1 saturated carbocycles. The summed E-state index contributed by atoms with van der Waals surface area (Å²) in [5.41, 5.74) is 2.70. The third kappa shape index (κ3) is 2.15. The van der Waals surface area contributed by atoms with Gasteiger partial charge < -0.3 is 4.74 Å². The molecule has 0 amide bonds. The van der Waals surface area contributed by atoms with Crippen LogP contribution in [-0.4, -0.2) is 13.1 Å². The maximum Gasteiger partial charge on any atom is 0.311 e. The van der Waals surface area contributed by atoms with Crippen molar-refractivity contribution in [2.24, 2.45) is 17.3 Å². The lowest BCUT2D eigenvalue weighted by molar-refractivity contribution is -0.160. The van der Waals surface area contributed by atoms with E-state index in [1.54, 1.807) is 0 Å². The molecule has 0 saturated heterocycles. The molecule has 0 N–H and O–H groups in total. The van der Waals surface area contributed by atoms with Crippen molar-refractivity contribution in [1.82, 2.24) is 0 Å². The number of fused-ring (bicyclic) bond motifs is 2. The Morgan fingerprint density at radius 3 is 2.75 bits per heavy atom. The zero-order valence-corrected chi connectivity index (χ0v) is 12.5. The predicted octanol–water partition coefficient (Wildman–Crippen LogP) is 3.77. The van der Waals surface area contributed by atoms with Gasteiger partial charge in [0.25, 0.3) is 0 Å². The summed E-state index contributed by atoms with van der Waals surface area (Å²) in [5, 5.41) is 0. The fraction of sp³-hybridized carbons (Fsp3) is 0.611. The average molecular weight is 272 g/mol.